The van der Waals surface area contributed by atoms with Crippen LogP contribution in [0.1, 0.15) is 48.0 Å². The van der Waals surface area contributed by atoms with Crippen molar-refractivity contribution in [2.24, 2.45) is 0 Å². The summed E-state index contributed by atoms with van der Waals surface area (Å²) in [5, 5.41) is 0. The number of carbonyl (C=O) groups is 2. The molecule has 0 saturated carbocycles. The van der Waals surface area contributed by atoms with Crippen molar-refractivity contribution in [3.05, 3.63) is 65.7 Å². The van der Waals surface area contributed by atoms with Crippen LogP contribution in [0.5, 0.6) is 5.75 Å². The number of benzene rings is 2. The van der Waals surface area contributed by atoms with E-state index in [0.29, 0.717) is 24.5 Å². The summed E-state index contributed by atoms with van der Waals surface area (Å²) in [5.74, 6) is -2.93. The molecule has 0 amide bonds. The number of hydrogen-bond acceptors (Lipinski definition) is 5. The molecule has 0 N–H and O–H groups in total. The van der Waals surface area contributed by atoms with Gasteiger partial charge in [0.1, 0.15) is 12.4 Å². The summed E-state index contributed by atoms with van der Waals surface area (Å²) >= 11 is 0. The second kappa shape index (κ2) is 10.7. The molecule has 0 unspecified atom stereocenters. The molecule has 0 aromatic heterocycles. The van der Waals surface area contributed by atoms with Gasteiger partial charge in [-0.05, 0) is 35.7 Å². The molecule has 2 atom stereocenters. The third kappa shape index (κ3) is 6.36. The van der Waals surface area contributed by atoms with E-state index in [1.54, 1.807) is 24.3 Å². The number of ketones is 1. The Morgan fingerprint density at radius 2 is 1.81 bits per heavy atom. The normalized spacial score (nSPS) is 19.2. The van der Waals surface area contributed by atoms with Crippen molar-refractivity contribution in [2.75, 3.05) is 26.8 Å². The van der Waals surface area contributed by atoms with Crippen LogP contribution in [0.15, 0.2) is 54.6 Å². The van der Waals surface area contributed by atoms with Gasteiger partial charge in [-0.1, -0.05) is 37.3 Å². The van der Waals surface area contributed by atoms with Gasteiger partial charge in [-0.15, -0.1) is 0 Å². The number of ether oxygens (including phenoxy) is 2. The van der Waals surface area contributed by atoms with Gasteiger partial charge < -0.3 is 9.47 Å². The summed E-state index contributed by atoms with van der Waals surface area (Å²) in [7, 11) is 1.31. The molecular weight excluding hydrogens is 416 g/mol. The summed E-state index contributed by atoms with van der Waals surface area (Å²) in [6.07, 6.45) is -0.577. The standard InChI is InChI=1S/C25H29F2NO4/c1-18(19-8-10-20(11-9-19)24(30)31-2)16-23(29)22-17-25(26,27)12-13-28(22)14-15-32-21-6-4-3-5-7-21/h3-11,18,22H,12-17H2,1-2H3/t18-,22-/m1/s1. The number of piperidine rings is 1. The van der Waals surface area contributed by atoms with Crippen molar-refractivity contribution >= 4 is 11.8 Å². The Bertz CT molecular complexity index is 902. The van der Waals surface area contributed by atoms with Gasteiger partial charge >= 0.3 is 5.97 Å². The smallest absolute Gasteiger partial charge is 0.337 e. The van der Waals surface area contributed by atoms with Crippen molar-refractivity contribution in [3.8, 4) is 5.75 Å². The summed E-state index contributed by atoms with van der Waals surface area (Å²) < 4.78 is 38.7. The van der Waals surface area contributed by atoms with Crippen LogP contribution < -0.4 is 4.74 Å². The summed E-state index contributed by atoms with van der Waals surface area (Å²) in [6, 6.07) is 15.3. The van der Waals surface area contributed by atoms with Gasteiger partial charge in [0.05, 0.1) is 18.7 Å². The number of halogens is 2. The van der Waals surface area contributed by atoms with E-state index >= 15 is 0 Å². The maximum atomic E-state index is 14.1. The predicted octanol–water partition coefficient (Wildman–Crippen LogP) is 4.71. The maximum Gasteiger partial charge on any atom is 0.337 e. The van der Waals surface area contributed by atoms with Crippen LogP contribution in [0.2, 0.25) is 0 Å². The molecule has 1 aliphatic rings. The molecule has 1 fully saturated rings. The van der Waals surface area contributed by atoms with E-state index in [9.17, 15) is 18.4 Å². The minimum Gasteiger partial charge on any atom is -0.492 e. The minimum absolute atomic E-state index is 0.147. The summed E-state index contributed by atoms with van der Waals surface area (Å²) in [5.41, 5.74) is 1.29. The molecule has 32 heavy (non-hydrogen) atoms. The molecule has 0 bridgehead atoms. The van der Waals surface area contributed by atoms with E-state index < -0.39 is 24.4 Å². The zero-order valence-corrected chi connectivity index (χ0v) is 18.4. The Hall–Kier alpha value is -2.80. The molecule has 7 heteroatoms. The van der Waals surface area contributed by atoms with E-state index in [4.69, 9.17) is 9.47 Å². The SMILES string of the molecule is COC(=O)c1ccc([C@H](C)CC(=O)[C@H]2CC(F)(F)CCN2CCOc2ccccc2)cc1. The van der Waals surface area contributed by atoms with E-state index in [1.165, 1.54) is 7.11 Å². The van der Waals surface area contributed by atoms with Gasteiger partial charge in [0.15, 0.2) is 5.78 Å². The Balaban J connectivity index is 1.61. The molecule has 2 aromatic rings. The molecule has 0 aliphatic carbocycles. The van der Waals surface area contributed by atoms with Crippen LogP contribution in [-0.2, 0) is 9.53 Å². The number of nitrogens with zero attached hydrogens (tertiary/aromatic N) is 1. The first-order chi connectivity index (χ1) is 15.3. The number of hydrogen-bond donors (Lipinski definition) is 0. The van der Waals surface area contributed by atoms with Gasteiger partial charge in [0, 0.05) is 32.4 Å². The van der Waals surface area contributed by atoms with E-state index in [2.05, 4.69) is 0 Å². The molecule has 5 nitrogen and oxygen atoms in total. The highest BCUT2D eigenvalue weighted by molar-refractivity contribution is 5.89. The Labute approximate surface area is 187 Å². The highest BCUT2D eigenvalue weighted by atomic mass is 19.3. The van der Waals surface area contributed by atoms with Crippen LogP contribution in [0.3, 0.4) is 0 Å². The number of alkyl halides is 2. The van der Waals surface area contributed by atoms with Crippen LogP contribution in [0, 0.1) is 0 Å². The molecule has 1 heterocycles. The minimum atomic E-state index is -2.84. The van der Waals surface area contributed by atoms with E-state index in [-0.39, 0.29) is 31.1 Å². The third-order valence-electron chi connectivity index (χ3n) is 5.87. The lowest BCUT2D eigenvalue weighted by Crippen LogP contribution is -2.52. The topological polar surface area (TPSA) is 55.8 Å². The first-order valence-corrected chi connectivity index (χ1v) is 10.8. The van der Waals surface area contributed by atoms with Crippen LogP contribution in [-0.4, -0.2) is 55.4 Å². The second-order valence-electron chi connectivity index (χ2n) is 8.21. The number of carbonyl (C=O) groups excluding carboxylic acids is 2. The van der Waals surface area contributed by atoms with Crippen molar-refractivity contribution in [1.29, 1.82) is 0 Å². The first kappa shape index (κ1) is 23.9. The molecule has 0 radical (unpaired) electrons. The monoisotopic (exact) mass is 445 g/mol. The Morgan fingerprint density at radius 3 is 2.47 bits per heavy atom. The molecule has 3 rings (SSSR count). The van der Waals surface area contributed by atoms with E-state index in [0.717, 1.165) is 5.56 Å². The number of methoxy groups -OCH3 is 1. The molecule has 1 saturated heterocycles. The van der Waals surface area contributed by atoms with Crippen molar-refractivity contribution in [1.82, 2.24) is 4.90 Å². The van der Waals surface area contributed by atoms with Gasteiger partial charge in [0.25, 0.3) is 5.92 Å². The molecule has 2 aromatic carbocycles. The zero-order valence-electron chi connectivity index (χ0n) is 18.4. The molecular formula is C25H29F2NO4. The number of para-hydroxylation sites is 1. The van der Waals surface area contributed by atoms with Gasteiger partial charge in [-0.2, -0.15) is 0 Å². The largest absolute Gasteiger partial charge is 0.492 e. The fraction of sp³-hybridized carbons (Fsp3) is 0.440. The summed E-state index contributed by atoms with van der Waals surface area (Å²) in [4.78, 5) is 26.4. The quantitative estimate of drug-likeness (QED) is 0.523. The van der Waals surface area contributed by atoms with Crippen LogP contribution in [0.25, 0.3) is 0 Å². The second-order valence-corrected chi connectivity index (χ2v) is 8.21. The number of rotatable bonds is 9. The maximum absolute atomic E-state index is 14.1. The van der Waals surface area contributed by atoms with Crippen LogP contribution >= 0.6 is 0 Å². The number of Topliss-reactive ketones (excluding diaryl/α,β-unsaturated/α-hetero) is 1. The summed E-state index contributed by atoms with van der Waals surface area (Å²) in [6.45, 7) is 2.77. The lowest BCUT2D eigenvalue weighted by Gasteiger charge is -2.38. The van der Waals surface area contributed by atoms with Gasteiger partial charge in [0.2, 0.25) is 0 Å². The highest BCUT2D eigenvalue weighted by Gasteiger charge is 2.43. The first-order valence-electron chi connectivity index (χ1n) is 10.8. The highest BCUT2D eigenvalue weighted by Crippen LogP contribution is 2.34. The number of likely N-dealkylation sites (tertiary alicyclic amines) is 1. The third-order valence-corrected chi connectivity index (χ3v) is 5.87. The fourth-order valence-electron chi connectivity index (χ4n) is 3.98. The average Bonchev–Trinajstić information content (AvgIpc) is 2.80. The Morgan fingerprint density at radius 1 is 1.12 bits per heavy atom. The average molecular weight is 446 g/mol. The lowest BCUT2D eigenvalue weighted by atomic mass is 9.88. The zero-order chi connectivity index (χ0) is 23.1. The van der Waals surface area contributed by atoms with Crippen LogP contribution in [0.4, 0.5) is 8.78 Å². The lowest BCUT2D eigenvalue weighted by molar-refractivity contribution is -0.136. The molecule has 172 valence electrons. The van der Waals surface area contributed by atoms with Crippen molar-refractivity contribution in [3.63, 3.8) is 0 Å². The van der Waals surface area contributed by atoms with Gasteiger partial charge in [-0.3, -0.25) is 9.69 Å². The molecule has 0 spiro atoms. The van der Waals surface area contributed by atoms with Crippen molar-refractivity contribution < 1.29 is 27.8 Å². The van der Waals surface area contributed by atoms with Crippen molar-refractivity contribution in [2.45, 2.75) is 44.1 Å². The fourth-order valence-corrected chi connectivity index (χ4v) is 3.98. The predicted molar refractivity (Wildman–Crippen MR) is 117 cm³/mol. The number of esters is 1. The Kier molecular flexibility index (Phi) is 7.96. The van der Waals surface area contributed by atoms with E-state index in [1.807, 2.05) is 42.2 Å². The van der Waals surface area contributed by atoms with Gasteiger partial charge in [-0.25, -0.2) is 13.6 Å². The molecule has 1 aliphatic heterocycles.